The molecule has 6 heteroatoms. The summed E-state index contributed by atoms with van der Waals surface area (Å²) in [6, 6.07) is 3.35. The first-order valence-corrected chi connectivity index (χ1v) is 4.95. The number of aliphatic hydroxyl groups is 1. The molecule has 0 spiro atoms. The molecule has 1 aliphatic rings. The number of rotatable bonds is 2. The van der Waals surface area contributed by atoms with Crippen molar-refractivity contribution in [1.29, 1.82) is 0 Å². The van der Waals surface area contributed by atoms with Crippen LogP contribution in [0, 0.1) is 15.9 Å². The molecule has 0 bridgehead atoms. The summed E-state index contributed by atoms with van der Waals surface area (Å²) < 4.78 is 13.0. The van der Waals surface area contributed by atoms with Crippen molar-refractivity contribution in [2.45, 2.75) is 12.5 Å². The van der Waals surface area contributed by atoms with E-state index in [2.05, 4.69) is 0 Å². The van der Waals surface area contributed by atoms with E-state index in [9.17, 15) is 19.6 Å². The standard InChI is InChI=1S/C10H11FN2O3/c11-7-1-2-9(13(15)16)10(5-7)12-4-3-8(14)6-12/h1-2,5,8,14H,3-4,6H2/t8-/m0/s1. The van der Waals surface area contributed by atoms with E-state index >= 15 is 0 Å². The minimum absolute atomic E-state index is 0.129. The lowest BCUT2D eigenvalue weighted by Crippen LogP contribution is -2.22. The summed E-state index contributed by atoms with van der Waals surface area (Å²) in [5.41, 5.74) is 0.108. The first-order valence-electron chi connectivity index (χ1n) is 4.95. The van der Waals surface area contributed by atoms with Crippen LogP contribution in [0.4, 0.5) is 15.8 Å². The molecule has 1 aromatic rings. The van der Waals surface area contributed by atoms with E-state index in [-0.39, 0.29) is 11.4 Å². The number of hydrogen-bond acceptors (Lipinski definition) is 4. The Bertz CT molecular complexity index is 425. The van der Waals surface area contributed by atoms with E-state index in [1.165, 1.54) is 0 Å². The number of hydrogen-bond donors (Lipinski definition) is 1. The number of benzene rings is 1. The highest BCUT2D eigenvalue weighted by molar-refractivity contribution is 5.63. The summed E-state index contributed by atoms with van der Waals surface area (Å²) >= 11 is 0. The van der Waals surface area contributed by atoms with Gasteiger partial charge in [-0.25, -0.2) is 4.39 Å². The number of nitrogens with zero attached hydrogens (tertiary/aromatic N) is 2. The van der Waals surface area contributed by atoms with Gasteiger partial charge in [0.2, 0.25) is 0 Å². The van der Waals surface area contributed by atoms with Crippen molar-refractivity contribution < 1.29 is 14.4 Å². The second-order valence-corrected chi connectivity index (χ2v) is 3.78. The Kier molecular flexibility index (Phi) is 2.74. The van der Waals surface area contributed by atoms with Gasteiger partial charge in [-0.2, -0.15) is 0 Å². The number of halogens is 1. The summed E-state index contributed by atoms with van der Waals surface area (Å²) in [7, 11) is 0. The molecular formula is C10H11FN2O3. The van der Waals surface area contributed by atoms with Crippen LogP contribution >= 0.6 is 0 Å². The smallest absolute Gasteiger partial charge is 0.292 e. The molecule has 0 aromatic heterocycles. The Morgan fingerprint density at radius 3 is 2.88 bits per heavy atom. The predicted molar refractivity (Wildman–Crippen MR) is 55.9 cm³/mol. The van der Waals surface area contributed by atoms with Crippen molar-refractivity contribution in [2.75, 3.05) is 18.0 Å². The summed E-state index contributed by atoms with van der Waals surface area (Å²) in [4.78, 5) is 11.9. The van der Waals surface area contributed by atoms with Gasteiger partial charge in [0, 0.05) is 25.2 Å². The fourth-order valence-corrected chi connectivity index (χ4v) is 1.86. The lowest BCUT2D eigenvalue weighted by molar-refractivity contribution is -0.384. The van der Waals surface area contributed by atoms with Crippen molar-refractivity contribution >= 4 is 11.4 Å². The second kappa shape index (κ2) is 4.05. The van der Waals surface area contributed by atoms with Crippen molar-refractivity contribution in [3.63, 3.8) is 0 Å². The third-order valence-electron chi connectivity index (χ3n) is 2.64. The van der Waals surface area contributed by atoms with Gasteiger partial charge in [0.25, 0.3) is 5.69 Å². The number of nitro groups is 1. The predicted octanol–water partition coefficient (Wildman–Crippen LogP) is 1.30. The second-order valence-electron chi connectivity index (χ2n) is 3.78. The highest BCUT2D eigenvalue weighted by Crippen LogP contribution is 2.31. The van der Waals surface area contributed by atoms with Crippen LogP contribution < -0.4 is 4.90 Å². The highest BCUT2D eigenvalue weighted by atomic mass is 19.1. The molecule has 0 saturated carbocycles. The van der Waals surface area contributed by atoms with Crippen molar-refractivity contribution in [3.8, 4) is 0 Å². The Morgan fingerprint density at radius 2 is 2.31 bits per heavy atom. The molecule has 1 N–H and O–H groups in total. The van der Waals surface area contributed by atoms with Crippen molar-refractivity contribution in [2.24, 2.45) is 0 Å². The van der Waals surface area contributed by atoms with Crippen LogP contribution in [0.15, 0.2) is 18.2 Å². The number of nitro benzene ring substituents is 1. The summed E-state index contributed by atoms with van der Waals surface area (Å²) in [5.74, 6) is -0.512. The van der Waals surface area contributed by atoms with Crippen LogP contribution in [0.25, 0.3) is 0 Å². The molecule has 5 nitrogen and oxygen atoms in total. The zero-order valence-electron chi connectivity index (χ0n) is 8.47. The fourth-order valence-electron chi connectivity index (χ4n) is 1.86. The van der Waals surface area contributed by atoms with E-state index in [1.54, 1.807) is 4.90 Å². The van der Waals surface area contributed by atoms with Crippen molar-refractivity contribution in [1.82, 2.24) is 0 Å². The van der Waals surface area contributed by atoms with Gasteiger partial charge >= 0.3 is 0 Å². The quantitative estimate of drug-likeness (QED) is 0.609. The van der Waals surface area contributed by atoms with Gasteiger partial charge in [-0.05, 0) is 12.5 Å². The third-order valence-corrected chi connectivity index (χ3v) is 2.64. The number of aliphatic hydroxyl groups excluding tert-OH is 1. The first-order chi connectivity index (χ1) is 7.58. The maximum absolute atomic E-state index is 13.0. The van der Waals surface area contributed by atoms with E-state index in [0.29, 0.717) is 19.5 Å². The van der Waals surface area contributed by atoms with E-state index in [1.807, 2.05) is 0 Å². The van der Waals surface area contributed by atoms with E-state index < -0.39 is 16.8 Å². The van der Waals surface area contributed by atoms with Crippen LogP contribution in [0.3, 0.4) is 0 Å². The molecule has 0 aliphatic carbocycles. The topological polar surface area (TPSA) is 66.6 Å². The molecule has 1 heterocycles. The molecule has 0 unspecified atom stereocenters. The molecule has 2 rings (SSSR count). The molecule has 86 valence electrons. The lowest BCUT2D eigenvalue weighted by Gasteiger charge is -2.17. The van der Waals surface area contributed by atoms with E-state index in [4.69, 9.17) is 0 Å². The van der Waals surface area contributed by atoms with Crippen LogP contribution in [-0.2, 0) is 0 Å². The Labute approximate surface area is 91.3 Å². The monoisotopic (exact) mass is 226 g/mol. The van der Waals surface area contributed by atoms with Gasteiger partial charge in [-0.1, -0.05) is 0 Å². The third kappa shape index (κ3) is 1.96. The van der Waals surface area contributed by atoms with Crippen LogP contribution in [-0.4, -0.2) is 29.2 Å². The normalized spacial score (nSPS) is 20.1. The molecule has 1 saturated heterocycles. The molecule has 1 atom stereocenters. The highest BCUT2D eigenvalue weighted by Gasteiger charge is 2.26. The maximum Gasteiger partial charge on any atom is 0.292 e. The molecule has 0 amide bonds. The van der Waals surface area contributed by atoms with Gasteiger partial charge in [0.1, 0.15) is 11.5 Å². The largest absolute Gasteiger partial charge is 0.391 e. The molecule has 1 aliphatic heterocycles. The van der Waals surface area contributed by atoms with Crippen molar-refractivity contribution in [3.05, 3.63) is 34.1 Å². The van der Waals surface area contributed by atoms with Gasteiger partial charge in [0.05, 0.1) is 11.0 Å². The summed E-state index contributed by atoms with van der Waals surface area (Å²) in [5, 5.41) is 20.1. The maximum atomic E-state index is 13.0. The summed E-state index contributed by atoms with van der Waals surface area (Å²) in [6.07, 6.45) is 0.0519. The fraction of sp³-hybridized carbons (Fsp3) is 0.400. The lowest BCUT2D eigenvalue weighted by atomic mass is 10.2. The zero-order chi connectivity index (χ0) is 11.7. The first kappa shape index (κ1) is 10.8. The Balaban J connectivity index is 2.37. The number of β-amino-alcohol motifs (C(OH)–C–C–N with tert-alkyl or cyclic N) is 1. The van der Waals surface area contributed by atoms with Gasteiger partial charge < -0.3 is 10.0 Å². The molecular weight excluding hydrogens is 215 g/mol. The SMILES string of the molecule is O=[N+]([O-])c1ccc(F)cc1N1CC[C@H](O)C1. The number of anilines is 1. The average molecular weight is 226 g/mol. The summed E-state index contributed by atoms with van der Waals surface area (Å²) in [6.45, 7) is 0.815. The molecule has 1 fully saturated rings. The zero-order valence-corrected chi connectivity index (χ0v) is 8.47. The van der Waals surface area contributed by atoms with Crippen LogP contribution in [0.5, 0.6) is 0 Å². The molecule has 1 aromatic carbocycles. The average Bonchev–Trinajstić information content (AvgIpc) is 2.64. The minimum atomic E-state index is -0.542. The Morgan fingerprint density at radius 1 is 1.56 bits per heavy atom. The van der Waals surface area contributed by atoms with Crippen LogP contribution in [0.1, 0.15) is 6.42 Å². The van der Waals surface area contributed by atoms with Crippen LogP contribution in [0.2, 0.25) is 0 Å². The van der Waals surface area contributed by atoms with Gasteiger partial charge in [0.15, 0.2) is 0 Å². The molecule has 16 heavy (non-hydrogen) atoms. The molecule has 0 radical (unpaired) electrons. The minimum Gasteiger partial charge on any atom is -0.391 e. The van der Waals surface area contributed by atoms with E-state index in [0.717, 1.165) is 18.2 Å². The van der Waals surface area contributed by atoms with Gasteiger partial charge in [-0.15, -0.1) is 0 Å². The Hall–Kier alpha value is -1.69. The van der Waals surface area contributed by atoms with Gasteiger partial charge in [-0.3, -0.25) is 10.1 Å².